The number of unbranched alkanes of at least 4 members (excludes halogenated alkanes) is 2. The molecule has 0 heterocycles. The summed E-state index contributed by atoms with van der Waals surface area (Å²) in [4.78, 5) is 13.6. The lowest BCUT2D eigenvalue weighted by Gasteiger charge is -2.21. The molecule has 0 N–H and O–H groups in total. The first kappa shape index (κ1) is 21.0. The minimum atomic E-state index is -3.36. The number of hydrogen-bond acceptors (Lipinski definition) is 5. The van der Waals surface area contributed by atoms with Gasteiger partial charge in [-0.25, -0.2) is 0 Å². The zero-order chi connectivity index (χ0) is 19.9. The summed E-state index contributed by atoms with van der Waals surface area (Å²) in [5, 5.41) is 0.561. The number of hydrogen-bond donors (Lipinski definition) is 0. The Hall–Kier alpha value is -2.26. The first-order valence-electron chi connectivity index (χ1n) is 9.01. The van der Waals surface area contributed by atoms with Gasteiger partial charge in [0.2, 0.25) is 5.52 Å². The SMILES string of the molecule is CCCCCP(=O)(C(=O)c1c(OC)cc(OC)cc1OC)c1ccccc1. The van der Waals surface area contributed by atoms with Gasteiger partial charge in [0.05, 0.1) is 21.3 Å². The van der Waals surface area contributed by atoms with Crippen LogP contribution in [0, 0.1) is 0 Å². The van der Waals surface area contributed by atoms with E-state index in [-0.39, 0.29) is 5.56 Å². The maximum absolute atomic E-state index is 14.0. The molecule has 0 aliphatic heterocycles. The fourth-order valence-electron chi connectivity index (χ4n) is 3.00. The van der Waals surface area contributed by atoms with Gasteiger partial charge in [-0.2, -0.15) is 0 Å². The van der Waals surface area contributed by atoms with E-state index in [9.17, 15) is 9.36 Å². The van der Waals surface area contributed by atoms with Crippen molar-refractivity contribution in [2.75, 3.05) is 27.5 Å². The van der Waals surface area contributed by atoms with Gasteiger partial charge in [0, 0.05) is 23.6 Å². The molecular weight excluding hydrogens is 363 g/mol. The van der Waals surface area contributed by atoms with Crippen molar-refractivity contribution in [3.8, 4) is 17.2 Å². The van der Waals surface area contributed by atoms with Crippen molar-refractivity contribution >= 4 is 18.0 Å². The van der Waals surface area contributed by atoms with Gasteiger partial charge in [0.25, 0.3) is 0 Å². The van der Waals surface area contributed by atoms with E-state index in [1.165, 1.54) is 21.3 Å². The lowest BCUT2D eigenvalue weighted by molar-refractivity contribution is 0.107. The Balaban J connectivity index is 2.60. The average molecular weight is 390 g/mol. The van der Waals surface area contributed by atoms with Crippen LogP contribution in [0.1, 0.15) is 36.5 Å². The second-order valence-corrected chi connectivity index (χ2v) is 9.07. The molecule has 0 amide bonds. The molecule has 2 aromatic carbocycles. The van der Waals surface area contributed by atoms with E-state index >= 15 is 0 Å². The Morgan fingerprint density at radius 3 is 2.00 bits per heavy atom. The molecule has 0 radical (unpaired) electrons. The van der Waals surface area contributed by atoms with Gasteiger partial charge in [0.1, 0.15) is 22.8 Å². The highest BCUT2D eigenvalue weighted by molar-refractivity contribution is 7.87. The second-order valence-electron chi connectivity index (χ2n) is 6.22. The number of carbonyl (C=O) groups is 1. The Bertz CT molecular complexity index is 792. The lowest BCUT2D eigenvalue weighted by atomic mass is 10.2. The maximum atomic E-state index is 14.0. The number of carbonyl (C=O) groups excluding carboxylic acids is 1. The van der Waals surface area contributed by atoms with Crippen LogP contribution in [-0.4, -0.2) is 33.0 Å². The standard InChI is InChI=1S/C21H27O5P/c1-5-6-10-13-27(23,17-11-8-7-9-12-17)21(22)20-18(25-3)14-16(24-2)15-19(20)26-4/h7-9,11-12,14-15H,5-6,10,13H2,1-4H3. The molecule has 1 unspecified atom stereocenters. The van der Waals surface area contributed by atoms with E-state index in [4.69, 9.17) is 14.2 Å². The third kappa shape index (κ3) is 4.54. The molecule has 0 spiro atoms. The van der Waals surface area contributed by atoms with Crippen LogP contribution in [0.25, 0.3) is 0 Å². The normalized spacial score (nSPS) is 12.9. The molecule has 0 bridgehead atoms. The Morgan fingerprint density at radius 1 is 0.926 bits per heavy atom. The summed E-state index contributed by atoms with van der Waals surface area (Å²) in [7, 11) is 1.10. The van der Waals surface area contributed by atoms with Crippen molar-refractivity contribution in [2.24, 2.45) is 0 Å². The van der Waals surface area contributed by atoms with E-state index in [2.05, 4.69) is 6.92 Å². The summed E-state index contributed by atoms with van der Waals surface area (Å²) in [6.45, 7) is 2.07. The molecule has 5 nitrogen and oxygen atoms in total. The molecule has 0 aliphatic carbocycles. The van der Waals surface area contributed by atoms with Crippen LogP contribution < -0.4 is 19.5 Å². The van der Waals surface area contributed by atoms with Gasteiger partial charge in [-0.05, 0) is 6.42 Å². The van der Waals surface area contributed by atoms with Crippen molar-refractivity contribution in [1.82, 2.24) is 0 Å². The summed E-state index contributed by atoms with van der Waals surface area (Å²) in [5.74, 6) is 1.09. The number of benzene rings is 2. The Kier molecular flexibility index (Phi) is 7.49. The summed E-state index contributed by atoms with van der Waals surface area (Å²) < 4.78 is 30.0. The summed E-state index contributed by atoms with van der Waals surface area (Å²) in [6.07, 6.45) is 2.94. The van der Waals surface area contributed by atoms with Crippen LogP contribution in [0.2, 0.25) is 0 Å². The fourth-order valence-corrected chi connectivity index (χ4v) is 5.60. The topological polar surface area (TPSA) is 61.8 Å². The minimum Gasteiger partial charge on any atom is -0.496 e. The Labute approximate surface area is 161 Å². The van der Waals surface area contributed by atoms with Crippen molar-refractivity contribution in [3.05, 3.63) is 48.0 Å². The number of ether oxygens (including phenoxy) is 3. The van der Waals surface area contributed by atoms with Gasteiger partial charge in [-0.1, -0.05) is 50.1 Å². The zero-order valence-electron chi connectivity index (χ0n) is 16.4. The number of rotatable bonds is 10. The molecule has 0 aromatic heterocycles. The minimum absolute atomic E-state index is 0.199. The highest BCUT2D eigenvalue weighted by Crippen LogP contribution is 2.52. The van der Waals surface area contributed by atoms with Crippen molar-refractivity contribution in [3.63, 3.8) is 0 Å². The van der Waals surface area contributed by atoms with E-state index in [0.29, 0.717) is 28.7 Å². The van der Waals surface area contributed by atoms with Gasteiger partial charge in [-0.3, -0.25) is 4.79 Å². The van der Waals surface area contributed by atoms with Crippen LogP contribution in [0.4, 0.5) is 0 Å². The van der Waals surface area contributed by atoms with Gasteiger partial charge >= 0.3 is 0 Å². The molecule has 0 saturated carbocycles. The largest absolute Gasteiger partial charge is 0.496 e. The van der Waals surface area contributed by atoms with Crippen molar-refractivity contribution in [1.29, 1.82) is 0 Å². The van der Waals surface area contributed by atoms with E-state index in [1.54, 1.807) is 36.4 Å². The van der Waals surface area contributed by atoms with Crippen molar-refractivity contribution in [2.45, 2.75) is 26.2 Å². The fraction of sp³-hybridized carbons (Fsp3) is 0.381. The quantitative estimate of drug-likeness (QED) is 0.433. The third-order valence-electron chi connectivity index (χ3n) is 4.51. The summed E-state index contributed by atoms with van der Waals surface area (Å²) in [6, 6.07) is 12.2. The first-order valence-corrected chi connectivity index (χ1v) is 10.9. The summed E-state index contributed by atoms with van der Waals surface area (Å²) in [5.41, 5.74) is -0.245. The van der Waals surface area contributed by atoms with E-state index in [1.807, 2.05) is 6.07 Å². The van der Waals surface area contributed by atoms with Gasteiger partial charge in [-0.15, -0.1) is 0 Å². The first-order chi connectivity index (χ1) is 13.0. The predicted molar refractivity (Wildman–Crippen MR) is 109 cm³/mol. The third-order valence-corrected chi connectivity index (χ3v) is 7.46. The second kappa shape index (κ2) is 9.61. The molecule has 0 aliphatic rings. The van der Waals surface area contributed by atoms with E-state index in [0.717, 1.165) is 19.3 Å². The monoisotopic (exact) mass is 390 g/mol. The van der Waals surface area contributed by atoms with Crippen LogP contribution in [-0.2, 0) is 4.57 Å². The molecule has 1 atom stereocenters. The molecule has 6 heteroatoms. The van der Waals surface area contributed by atoms with Gasteiger partial charge in [0.15, 0.2) is 7.14 Å². The van der Waals surface area contributed by atoms with Crippen LogP contribution in [0.3, 0.4) is 0 Å². The average Bonchev–Trinajstić information content (AvgIpc) is 2.72. The molecule has 27 heavy (non-hydrogen) atoms. The van der Waals surface area contributed by atoms with Crippen LogP contribution in [0.15, 0.2) is 42.5 Å². The lowest BCUT2D eigenvalue weighted by Crippen LogP contribution is -2.17. The summed E-state index contributed by atoms with van der Waals surface area (Å²) >= 11 is 0. The van der Waals surface area contributed by atoms with Crippen molar-refractivity contribution < 1.29 is 23.6 Å². The van der Waals surface area contributed by atoms with Gasteiger partial charge < -0.3 is 18.8 Å². The highest BCUT2D eigenvalue weighted by Gasteiger charge is 2.37. The molecule has 146 valence electrons. The highest BCUT2D eigenvalue weighted by atomic mass is 31.2. The smallest absolute Gasteiger partial charge is 0.233 e. The molecule has 2 aromatic rings. The van der Waals surface area contributed by atoms with Crippen LogP contribution >= 0.6 is 7.14 Å². The molecule has 0 fully saturated rings. The predicted octanol–water partition coefficient (Wildman–Crippen LogP) is 4.73. The maximum Gasteiger partial charge on any atom is 0.233 e. The Morgan fingerprint density at radius 2 is 1.52 bits per heavy atom. The van der Waals surface area contributed by atoms with E-state index < -0.39 is 12.7 Å². The molecular formula is C21H27O5P. The van der Waals surface area contributed by atoms with Crippen LogP contribution in [0.5, 0.6) is 17.2 Å². The molecule has 2 rings (SSSR count). The molecule has 0 saturated heterocycles. The zero-order valence-corrected chi connectivity index (χ0v) is 17.3. The number of methoxy groups -OCH3 is 3.